The number of rotatable bonds is 15. The van der Waals surface area contributed by atoms with Gasteiger partial charge in [0.2, 0.25) is 10.0 Å². The first-order valence-corrected chi connectivity index (χ1v) is 12.8. The quantitative estimate of drug-likeness (QED) is 0.0974. The maximum Gasteiger partial charge on any atom is 0.431 e. The first-order valence-electron chi connectivity index (χ1n) is 11.2. The van der Waals surface area contributed by atoms with E-state index in [9.17, 15) is 75.1 Å². The minimum Gasteiger partial charge on any atom is -0.633 e. The van der Waals surface area contributed by atoms with Crippen LogP contribution in [-0.2, 0) is 10.0 Å². The number of hydrogen-bond acceptors (Lipinski definition) is 3. The molecule has 0 aromatic carbocycles. The second-order valence-corrected chi connectivity index (χ2v) is 11.5. The molecular formula is C19H28F14N2O3S. The minimum absolute atomic E-state index is 0.0295. The Morgan fingerprint density at radius 3 is 1.51 bits per heavy atom. The van der Waals surface area contributed by atoms with Gasteiger partial charge in [-0.2, -0.15) is 52.7 Å². The summed E-state index contributed by atoms with van der Waals surface area (Å²) in [6.07, 6.45) is -35.3. The summed E-state index contributed by atoms with van der Waals surface area (Å²) in [6, 6.07) is 0. The van der Waals surface area contributed by atoms with Crippen LogP contribution in [-0.4, -0.2) is 82.0 Å². The van der Waals surface area contributed by atoms with Crippen LogP contribution in [0.5, 0.6) is 0 Å². The van der Waals surface area contributed by atoms with Crippen molar-refractivity contribution in [3.63, 3.8) is 0 Å². The molecule has 5 nitrogen and oxygen atoms in total. The van der Waals surface area contributed by atoms with E-state index in [1.165, 1.54) is 14.1 Å². The predicted molar refractivity (Wildman–Crippen MR) is 110 cm³/mol. The van der Waals surface area contributed by atoms with Crippen LogP contribution in [0, 0.1) is 11.1 Å². The van der Waals surface area contributed by atoms with Gasteiger partial charge in [-0.1, -0.05) is 12.8 Å². The van der Waals surface area contributed by atoms with E-state index in [0.717, 1.165) is 0 Å². The molecule has 236 valence electrons. The number of hydroxylamine groups is 3. The first kappa shape index (κ1) is 37.9. The highest BCUT2D eigenvalue weighted by Crippen LogP contribution is 2.51. The predicted octanol–water partition coefficient (Wildman–Crippen LogP) is 6.49. The van der Waals surface area contributed by atoms with Gasteiger partial charge >= 0.3 is 24.7 Å². The molecule has 1 atom stereocenters. The summed E-state index contributed by atoms with van der Waals surface area (Å²) < 4.78 is 207. The summed E-state index contributed by atoms with van der Waals surface area (Å²) in [5.41, 5.74) is -11.6. The number of nitrogens with zero attached hydrogens (tertiary/aromatic N) is 1. The van der Waals surface area contributed by atoms with Crippen LogP contribution < -0.4 is 4.72 Å². The van der Waals surface area contributed by atoms with Crippen molar-refractivity contribution < 1.29 is 74.5 Å². The molecule has 0 aromatic rings. The zero-order valence-electron chi connectivity index (χ0n) is 20.5. The third-order valence-electron chi connectivity index (χ3n) is 5.74. The van der Waals surface area contributed by atoms with Gasteiger partial charge in [0.05, 0.1) is 26.4 Å². The molecule has 0 aliphatic rings. The van der Waals surface area contributed by atoms with Crippen LogP contribution in [0.3, 0.4) is 0 Å². The Hall–Kier alpha value is -1.15. The van der Waals surface area contributed by atoms with Crippen molar-refractivity contribution in [2.75, 3.05) is 32.9 Å². The van der Waals surface area contributed by atoms with Crippen LogP contribution in [0.1, 0.15) is 44.9 Å². The van der Waals surface area contributed by atoms with E-state index < -0.39 is 101 Å². The molecule has 39 heavy (non-hydrogen) atoms. The van der Waals surface area contributed by atoms with Crippen molar-refractivity contribution in [1.29, 1.82) is 0 Å². The summed E-state index contributed by atoms with van der Waals surface area (Å²) in [6.45, 7) is -0.443. The Kier molecular flexibility index (Phi) is 12.4. The number of sulfonamides is 1. The van der Waals surface area contributed by atoms with Gasteiger partial charge in [-0.15, -0.1) is 0 Å². The van der Waals surface area contributed by atoms with E-state index in [4.69, 9.17) is 0 Å². The SMILES string of the molecule is C[N+](C)([O-])CCCNS(=O)(=O)CCC(CCCCC(F)(C(F)(F)F)C(F)(F)F)CC(F)(C(F)(F)F)C(F)(F)F. The van der Waals surface area contributed by atoms with Gasteiger partial charge in [0, 0.05) is 19.4 Å². The van der Waals surface area contributed by atoms with Gasteiger partial charge in [-0.3, -0.25) is 0 Å². The van der Waals surface area contributed by atoms with Crippen LogP contribution in [0.4, 0.5) is 61.5 Å². The highest BCUT2D eigenvalue weighted by molar-refractivity contribution is 7.89. The van der Waals surface area contributed by atoms with Gasteiger partial charge < -0.3 is 9.85 Å². The summed E-state index contributed by atoms with van der Waals surface area (Å²) in [5.74, 6) is -3.34. The molecule has 0 bridgehead atoms. The zero-order chi connectivity index (χ0) is 31.4. The van der Waals surface area contributed by atoms with Crippen molar-refractivity contribution in [3.8, 4) is 0 Å². The van der Waals surface area contributed by atoms with Crippen LogP contribution in [0.15, 0.2) is 0 Å². The summed E-state index contributed by atoms with van der Waals surface area (Å²) in [7, 11) is -1.97. The van der Waals surface area contributed by atoms with Crippen molar-refractivity contribution in [3.05, 3.63) is 5.21 Å². The Bertz CT molecular complexity index is 833. The van der Waals surface area contributed by atoms with Gasteiger partial charge in [-0.05, 0) is 25.2 Å². The Balaban J connectivity index is 5.65. The molecule has 1 unspecified atom stereocenters. The minimum atomic E-state index is -6.55. The fraction of sp³-hybridized carbons (Fsp3) is 1.00. The highest BCUT2D eigenvalue weighted by Gasteiger charge is 2.73. The molecule has 0 fully saturated rings. The van der Waals surface area contributed by atoms with E-state index in [0.29, 0.717) is 0 Å². The lowest BCUT2D eigenvalue weighted by molar-refractivity contribution is -0.840. The number of hydrogen-bond donors (Lipinski definition) is 1. The average Bonchev–Trinajstić information content (AvgIpc) is 2.68. The molecular weight excluding hydrogens is 602 g/mol. The molecule has 1 N–H and O–H groups in total. The maximum absolute atomic E-state index is 14.2. The van der Waals surface area contributed by atoms with Gasteiger partial charge in [-0.25, -0.2) is 21.9 Å². The number of halogens is 14. The lowest BCUT2D eigenvalue weighted by atomic mass is 9.85. The van der Waals surface area contributed by atoms with E-state index in [1.807, 2.05) is 4.72 Å². The van der Waals surface area contributed by atoms with Crippen molar-refractivity contribution in [2.45, 2.75) is 81.0 Å². The second-order valence-electron chi connectivity index (χ2n) is 9.56. The fourth-order valence-corrected chi connectivity index (χ4v) is 4.71. The lowest BCUT2D eigenvalue weighted by Crippen LogP contribution is -2.54. The molecule has 0 rings (SSSR count). The van der Waals surface area contributed by atoms with Gasteiger partial charge in [0.1, 0.15) is 0 Å². The number of quaternary nitrogens is 1. The largest absolute Gasteiger partial charge is 0.633 e. The number of unbranched alkanes of at least 4 members (excludes halogenated alkanes) is 1. The topological polar surface area (TPSA) is 69.2 Å². The van der Waals surface area contributed by atoms with E-state index >= 15 is 0 Å². The van der Waals surface area contributed by atoms with Gasteiger partial charge in [0.15, 0.2) is 0 Å². The van der Waals surface area contributed by atoms with Crippen molar-refractivity contribution >= 4 is 10.0 Å². The van der Waals surface area contributed by atoms with Crippen molar-refractivity contribution in [2.24, 2.45) is 5.92 Å². The van der Waals surface area contributed by atoms with E-state index in [2.05, 4.69) is 0 Å². The molecule has 0 saturated carbocycles. The van der Waals surface area contributed by atoms with E-state index in [1.54, 1.807) is 0 Å². The standard InChI is InChI=1S/C19H28F14N2O3S/c1-35(2,36)10-5-9-34-39(37,38)11-7-13(12-15(21,18(28,29)30)19(31,32)33)6-3-4-8-14(20,16(22,23)24)17(25,26)27/h13,34H,3-12H2,1-2H3. The molecule has 0 saturated heterocycles. The molecule has 0 amide bonds. The fourth-order valence-electron chi connectivity index (χ4n) is 3.47. The van der Waals surface area contributed by atoms with Crippen molar-refractivity contribution in [1.82, 2.24) is 4.72 Å². The first-order chi connectivity index (χ1) is 17.0. The van der Waals surface area contributed by atoms with Gasteiger partial charge in [0.25, 0.3) is 11.3 Å². The highest BCUT2D eigenvalue weighted by atomic mass is 32.2. The Morgan fingerprint density at radius 2 is 1.13 bits per heavy atom. The smallest absolute Gasteiger partial charge is 0.431 e. The molecule has 0 aromatic heterocycles. The Labute approximate surface area is 215 Å². The summed E-state index contributed by atoms with van der Waals surface area (Å²) in [5, 5.41) is 11.4. The normalized spacial score (nSPS) is 16.0. The number of nitrogens with one attached hydrogen (secondary N) is 1. The molecule has 0 heterocycles. The maximum atomic E-state index is 14.2. The number of alkyl halides is 14. The van der Waals surface area contributed by atoms with Crippen LogP contribution in [0.2, 0.25) is 0 Å². The zero-order valence-corrected chi connectivity index (χ0v) is 21.3. The lowest BCUT2D eigenvalue weighted by Gasteiger charge is -2.34. The molecule has 0 radical (unpaired) electrons. The summed E-state index contributed by atoms with van der Waals surface area (Å²) in [4.78, 5) is 0. The molecule has 0 spiro atoms. The van der Waals surface area contributed by atoms with Crippen LogP contribution in [0.25, 0.3) is 0 Å². The summed E-state index contributed by atoms with van der Waals surface area (Å²) >= 11 is 0. The van der Waals surface area contributed by atoms with Crippen LogP contribution >= 0.6 is 0 Å². The molecule has 0 aliphatic carbocycles. The average molecular weight is 630 g/mol. The Morgan fingerprint density at radius 1 is 0.692 bits per heavy atom. The molecule has 0 aliphatic heterocycles. The monoisotopic (exact) mass is 630 g/mol. The molecule has 20 heteroatoms. The third-order valence-corrected chi connectivity index (χ3v) is 7.16. The van der Waals surface area contributed by atoms with E-state index in [-0.39, 0.29) is 19.5 Å². The second kappa shape index (κ2) is 12.8. The third kappa shape index (κ3) is 11.3.